The van der Waals surface area contributed by atoms with E-state index >= 15 is 0 Å². The second-order valence-electron chi connectivity index (χ2n) is 8.32. The van der Waals surface area contributed by atoms with E-state index in [-0.39, 0.29) is 11.4 Å². The summed E-state index contributed by atoms with van der Waals surface area (Å²) in [7, 11) is 0. The summed E-state index contributed by atoms with van der Waals surface area (Å²) in [5.41, 5.74) is 2.43. The van der Waals surface area contributed by atoms with Crippen LogP contribution in [0.3, 0.4) is 0 Å². The second kappa shape index (κ2) is 9.75. The van der Waals surface area contributed by atoms with Gasteiger partial charge in [-0.05, 0) is 48.9 Å². The van der Waals surface area contributed by atoms with Gasteiger partial charge in [0.05, 0.1) is 32.9 Å². The number of nitrogens with one attached hydrogen (secondary N) is 2. The first-order valence-electron chi connectivity index (χ1n) is 10.9. The van der Waals surface area contributed by atoms with Gasteiger partial charge in [-0.25, -0.2) is 0 Å². The number of amides is 3. The minimum atomic E-state index is -1.10. The third-order valence-electron chi connectivity index (χ3n) is 5.82. The van der Waals surface area contributed by atoms with E-state index in [9.17, 15) is 14.4 Å². The van der Waals surface area contributed by atoms with Crippen molar-refractivity contribution in [1.82, 2.24) is 0 Å². The highest BCUT2D eigenvalue weighted by Crippen LogP contribution is 2.40. The van der Waals surface area contributed by atoms with Crippen molar-refractivity contribution in [1.29, 1.82) is 0 Å². The number of rotatable bonds is 4. The number of anilines is 3. The fourth-order valence-corrected chi connectivity index (χ4v) is 5.95. The first-order chi connectivity index (χ1) is 17.2. The summed E-state index contributed by atoms with van der Waals surface area (Å²) in [6.45, 7) is 1.96. The van der Waals surface area contributed by atoms with Gasteiger partial charge in [0, 0.05) is 15.8 Å². The molecule has 0 saturated carbocycles. The van der Waals surface area contributed by atoms with Gasteiger partial charge in [0.2, 0.25) is 11.8 Å². The number of fused-ring (bicyclic) bond motifs is 2. The largest absolute Gasteiger partial charge is 0.326 e. The van der Waals surface area contributed by atoms with E-state index in [2.05, 4.69) is 10.6 Å². The molecule has 1 aromatic heterocycles. The van der Waals surface area contributed by atoms with Crippen LogP contribution in [0.5, 0.6) is 0 Å². The molecule has 2 N–H and O–H groups in total. The number of thiophene rings is 1. The molecule has 5 rings (SSSR count). The summed E-state index contributed by atoms with van der Waals surface area (Å²) >= 11 is 19.9. The number of hydrogen-bond donors (Lipinski definition) is 2. The Labute approximate surface area is 225 Å². The van der Waals surface area contributed by atoms with Crippen LogP contribution >= 0.6 is 46.1 Å². The predicted molar refractivity (Wildman–Crippen MR) is 147 cm³/mol. The topological polar surface area (TPSA) is 78.5 Å². The minimum Gasteiger partial charge on any atom is -0.326 e. The summed E-state index contributed by atoms with van der Waals surface area (Å²) in [4.78, 5) is 41.7. The van der Waals surface area contributed by atoms with E-state index in [1.54, 1.807) is 36.4 Å². The normalized spacial score (nSPS) is 14.9. The van der Waals surface area contributed by atoms with Gasteiger partial charge in [0.1, 0.15) is 10.9 Å². The number of carbonyl (C=O) groups excluding carboxylic acids is 3. The molecule has 0 radical (unpaired) electrons. The van der Waals surface area contributed by atoms with Crippen LogP contribution in [0.1, 0.15) is 21.7 Å². The maximum atomic E-state index is 13.9. The van der Waals surface area contributed by atoms with E-state index < -0.39 is 23.8 Å². The molecule has 36 heavy (non-hydrogen) atoms. The molecule has 0 spiro atoms. The SMILES string of the molecule is Cc1ccc2c(Cl)c(C(=O)N3c4ccccc4NC(=O)C3CC(=O)Nc3ccc(Cl)c(Cl)c3)sc2c1. The molecule has 1 aliphatic heterocycles. The zero-order valence-electron chi connectivity index (χ0n) is 18.8. The number of para-hydroxylation sites is 2. The van der Waals surface area contributed by atoms with Gasteiger partial charge in [-0.3, -0.25) is 19.3 Å². The average Bonchev–Trinajstić information content (AvgIpc) is 3.17. The zero-order chi connectivity index (χ0) is 25.6. The Morgan fingerprint density at radius 3 is 2.58 bits per heavy atom. The molecule has 3 amide bonds. The van der Waals surface area contributed by atoms with Crippen molar-refractivity contribution in [2.45, 2.75) is 19.4 Å². The van der Waals surface area contributed by atoms with Gasteiger partial charge in [0.15, 0.2) is 0 Å². The van der Waals surface area contributed by atoms with E-state index in [1.807, 2.05) is 25.1 Å². The molecule has 0 bridgehead atoms. The molecular formula is C26H18Cl3N3O3S. The Kier molecular flexibility index (Phi) is 6.66. The van der Waals surface area contributed by atoms with Crippen LogP contribution in [-0.2, 0) is 9.59 Å². The molecule has 0 fully saturated rings. The molecule has 3 aromatic carbocycles. The second-order valence-corrected chi connectivity index (χ2v) is 10.6. The van der Waals surface area contributed by atoms with E-state index in [0.29, 0.717) is 32.0 Å². The smallest absolute Gasteiger partial charge is 0.270 e. The molecule has 2 heterocycles. The monoisotopic (exact) mass is 557 g/mol. The van der Waals surface area contributed by atoms with Crippen molar-refractivity contribution in [3.63, 3.8) is 0 Å². The first kappa shape index (κ1) is 24.6. The number of benzene rings is 3. The van der Waals surface area contributed by atoms with Crippen LogP contribution in [0.25, 0.3) is 10.1 Å². The van der Waals surface area contributed by atoms with Crippen molar-refractivity contribution in [3.05, 3.63) is 86.2 Å². The Balaban J connectivity index is 1.51. The highest BCUT2D eigenvalue weighted by molar-refractivity contribution is 7.21. The number of nitrogens with zero attached hydrogens (tertiary/aromatic N) is 1. The minimum absolute atomic E-state index is 0.283. The van der Waals surface area contributed by atoms with E-state index in [1.165, 1.54) is 22.3 Å². The lowest BCUT2D eigenvalue weighted by Gasteiger charge is -2.36. The average molecular weight is 559 g/mol. The molecule has 1 aliphatic rings. The molecule has 0 saturated heterocycles. The van der Waals surface area contributed by atoms with Crippen LogP contribution in [0.4, 0.5) is 17.1 Å². The van der Waals surface area contributed by atoms with Crippen molar-refractivity contribution in [3.8, 4) is 0 Å². The highest BCUT2D eigenvalue weighted by atomic mass is 35.5. The maximum absolute atomic E-state index is 13.9. The fraction of sp³-hybridized carbons (Fsp3) is 0.115. The molecule has 182 valence electrons. The molecule has 4 aromatic rings. The van der Waals surface area contributed by atoms with Crippen molar-refractivity contribution >= 4 is 91.0 Å². The Morgan fingerprint density at radius 1 is 1.03 bits per heavy atom. The Hall–Kier alpha value is -3.10. The van der Waals surface area contributed by atoms with Gasteiger partial charge in [-0.2, -0.15) is 0 Å². The highest BCUT2D eigenvalue weighted by Gasteiger charge is 2.39. The summed E-state index contributed by atoms with van der Waals surface area (Å²) in [5.74, 6) is -1.39. The van der Waals surface area contributed by atoms with Gasteiger partial charge < -0.3 is 10.6 Å². The van der Waals surface area contributed by atoms with Crippen LogP contribution in [-0.4, -0.2) is 23.8 Å². The molecule has 1 atom stereocenters. The molecule has 6 nitrogen and oxygen atoms in total. The van der Waals surface area contributed by atoms with Gasteiger partial charge in [-0.1, -0.05) is 59.1 Å². The summed E-state index contributed by atoms with van der Waals surface area (Å²) in [5, 5.41) is 7.24. The van der Waals surface area contributed by atoms with Gasteiger partial charge in [-0.15, -0.1) is 11.3 Å². The molecular weight excluding hydrogens is 541 g/mol. The lowest BCUT2D eigenvalue weighted by Crippen LogP contribution is -2.52. The van der Waals surface area contributed by atoms with Crippen molar-refractivity contribution < 1.29 is 14.4 Å². The van der Waals surface area contributed by atoms with Gasteiger partial charge >= 0.3 is 0 Å². The van der Waals surface area contributed by atoms with Crippen molar-refractivity contribution in [2.75, 3.05) is 15.5 Å². The summed E-state index contributed by atoms with van der Waals surface area (Å²) < 4.78 is 0.868. The van der Waals surface area contributed by atoms with E-state index in [4.69, 9.17) is 34.8 Å². The fourth-order valence-electron chi connectivity index (χ4n) is 4.11. The first-order valence-corrected chi connectivity index (χ1v) is 12.8. The standard InChI is InChI=1S/C26H18Cl3N3O3S/c1-13-6-8-15-21(10-13)36-24(23(15)29)26(35)32-19-5-3-2-4-18(19)31-25(34)20(32)12-22(33)30-14-7-9-16(27)17(28)11-14/h2-11,20H,12H2,1H3,(H,30,33)(H,31,34). The lowest BCUT2D eigenvalue weighted by molar-refractivity contribution is -0.122. The van der Waals surface area contributed by atoms with Crippen LogP contribution in [0.2, 0.25) is 15.1 Å². The van der Waals surface area contributed by atoms with Crippen LogP contribution in [0, 0.1) is 6.92 Å². The van der Waals surface area contributed by atoms with E-state index in [0.717, 1.165) is 15.6 Å². The van der Waals surface area contributed by atoms with Crippen LogP contribution < -0.4 is 15.5 Å². The number of hydrogen-bond acceptors (Lipinski definition) is 4. The molecule has 1 unspecified atom stereocenters. The quantitative estimate of drug-likeness (QED) is 0.279. The van der Waals surface area contributed by atoms with Gasteiger partial charge in [0.25, 0.3) is 5.91 Å². The number of aryl methyl sites for hydroxylation is 1. The molecule has 0 aliphatic carbocycles. The molecule has 10 heteroatoms. The third-order valence-corrected chi connectivity index (χ3v) is 8.20. The maximum Gasteiger partial charge on any atom is 0.270 e. The summed E-state index contributed by atoms with van der Waals surface area (Å²) in [6, 6.07) is 16.3. The van der Waals surface area contributed by atoms with Crippen LogP contribution in [0.15, 0.2) is 60.7 Å². The van der Waals surface area contributed by atoms with Crippen molar-refractivity contribution in [2.24, 2.45) is 0 Å². The zero-order valence-corrected chi connectivity index (χ0v) is 21.9. The Morgan fingerprint density at radius 2 is 1.81 bits per heavy atom. The number of halogens is 3. The lowest BCUT2D eigenvalue weighted by atomic mass is 10.0. The predicted octanol–water partition coefficient (Wildman–Crippen LogP) is 7.17. The summed E-state index contributed by atoms with van der Waals surface area (Å²) in [6.07, 6.45) is -0.284. The number of carbonyl (C=O) groups is 3. The Bertz CT molecular complexity index is 1550. The third kappa shape index (κ3) is 4.55.